The fraction of sp³-hybridized carbons (Fsp3) is 0.438. The number of carbonyl (C=O) groups is 2. The van der Waals surface area contributed by atoms with Crippen molar-refractivity contribution in [1.29, 1.82) is 0 Å². The first-order valence-corrected chi connectivity index (χ1v) is 6.61. The van der Waals surface area contributed by atoms with Gasteiger partial charge in [0.05, 0.1) is 0 Å². The Hall–Kier alpha value is -0.336. The Bertz CT molecular complexity index is 536. The molecule has 0 saturated heterocycles. The van der Waals surface area contributed by atoms with Gasteiger partial charge in [-0.3, -0.25) is 9.59 Å². The third-order valence-electron chi connectivity index (χ3n) is 4.38. The molecule has 0 amide bonds. The molecule has 3 rings (SSSR count). The smallest absolute Gasteiger partial charge is 0.226 e. The quantitative estimate of drug-likeness (QED) is 0.541. The Balaban J connectivity index is 0.00000133. The Morgan fingerprint density at radius 2 is 2.00 bits per heavy atom. The second kappa shape index (κ2) is 5.57. The van der Waals surface area contributed by atoms with Gasteiger partial charge in [0.1, 0.15) is 0 Å². The summed E-state index contributed by atoms with van der Waals surface area (Å²) in [4.78, 5) is 24.5. The SMILES string of the molecule is Cc1ccc2c(c1)C(=O)C(=O)[C@H]1[C-](C)CCC[C@@H]21.[Y]. The summed E-state index contributed by atoms with van der Waals surface area (Å²) in [6.07, 6.45) is 3.14. The summed E-state index contributed by atoms with van der Waals surface area (Å²) < 4.78 is 0. The van der Waals surface area contributed by atoms with E-state index in [0.29, 0.717) is 5.56 Å². The molecule has 0 unspecified atom stereocenters. The van der Waals surface area contributed by atoms with Crippen LogP contribution < -0.4 is 0 Å². The summed E-state index contributed by atoms with van der Waals surface area (Å²) >= 11 is 0. The minimum atomic E-state index is -0.281. The van der Waals surface area contributed by atoms with Crippen LogP contribution in [-0.2, 0) is 37.5 Å². The van der Waals surface area contributed by atoms with Gasteiger partial charge < -0.3 is 5.92 Å². The molecule has 2 aliphatic carbocycles. The molecule has 0 spiro atoms. The molecule has 1 aromatic carbocycles. The van der Waals surface area contributed by atoms with Gasteiger partial charge in [0, 0.05) is 38.3 Å². The number of hydrogen-bond donors (Lipinski definition) is 0. The molecule has 1 radical (unpaired) electrons. The minimum Gasteiger partial charge on any atom is -0.305 e. The van der Waals surface area contributed by atoms with Crippen LogP contribution in [0.25, 0.3) is 0 Å². The zero-order valence-electron chi connectivity index (χ0n) is 11.4. The number of ketones is 2. The molecule has 3 heteroatoms. The maximum atomic E-state index is 12.3. The summed E-state index contributed by atoms with van der Waals surface area (Å²) in [5.74, 6) is 0.809. The van der Waals surface area contributed by atoms with E-state index < -0.39 is 0 Å². The molecule has 0 N–H and O–H groups in total. The van der Waals surface area contributed by atoms with Crippen molar-refractivity contribution in [3.8, 4) is 0 Å². The number of carbonyl (C=O) groups excluding carboxylic acids is 2. The molecule has 1 saturated carbocycles. The number of rotatable bonds is 0. The Kier molecular flexibility index (Phi) is 4.42. The molecule has 2 nitrogen and oxygen atoms in total. The molecule has 2 atom stereocenters. The van der Waals surface area contributed by atoms with E-state index in [1.807, 2.05) is 32.0 Å². The number of Topliss-reactive ketones (excluding diaryl/α,β-unsaturated/α-hetero) is 2. The van der Waals surface area contributed by atoms with Crippen molar-refractivity contribution in [2.24, 2.45) is 5.92 Å². The van der Waals surface area contributed by atoms with Gasteiger partial charge in [-0.25, -0.2) is 0 Å². The van der Waals surface area contributed by atoms with Crippen LogP contribution in [0.5, 0.6) is 0 Å². The van der Waals surface area contributed by atoms with Gasteiger partial charge in [0.15, 0.2) is 5.78 Å². The largest absolute Gasteiger partial charge is 0.305 e. The van der Waals surface area contributed by atoms with Crippen molar-refractivity contribution in [3.05, 3.63) is 40.8 Å². The maximum Gasteiger partial charge on any atom is 0.226 e. The Labute approximate surface area is 139 Å². The zero-order valence-corrected chi connectivity index (χ0v) is 14.2. The summed E-state index contributed by atoms with van der Waals surface area (Å²) in [6.45, 7) is 3.99. The first kappa shape index (κ1) is 15.1. The molecule has 1 aromatic rings. The monoisotopic (exact) mass is 330 g/mol. The van der Waals surface area contributed by atoms with E-state index in [1.54, 1.807) is 0 Å². The van der Waals surface area contributed by atoms with E-state index in [2.05, 4.69) is 0 Å². The molecular weight excluding hydrogens is 313 g/mol. The fourth-order valence-electron chi connectivity index (χ4n) is 3.47. The van der Waals surface area contributed by atoms with Crippen molar-refractivity contribution in [2.45, 2.75) is 39.0 Å². The normalized spacial score (nSPS) is 26.4. The molecule has 0 aromatic heterocycles. The van der Waals surface area contributed by atoms with Gasteiger partial charge in [0.2, 0.25) is 5.78 Å². The summed E-state index contributed by atoms with van der Waals surface area (Å²) in [5.41, 5.74) is 2.79. The van der Waals surface area contributed by atoms with Gasteiger partial charge in [-0.1, -0.05) is 36.5 Å². The molecule has 2 aliphatic rings. The van der Waals surface area contributed by atoms with Crippen LogP contribution in [0.3, 0.4) is 0 Å². The van der Waals surface area contributed by atoms with Crippen LogP contribution in [0.15, 0.2) is 18.2 Å². The third-order valence-corrected chi connectivity index (χ3v) is 4.38. The molecule has 97 valence electrons. The van der Waals surface area contributed by atoms with Crippen molar-refractivity contribution in [2.75, 3.05) is 0 Å². The second-order valence-corrected chi connectivity index (χ2v) is 5.61. The van der Waals surface area contributed by atoms with Gasteiger partial charge in [-0.15, -0.1) is 0 Å². The molecule has 0 heterocycles. The van der Waals surface area contributed by atoms with Gasteiger partial charge in [0.25, 0.3) is 0 Å². The number of hydrogen-bond acceptors (Lipinski definition) is 2. The molecule has 1 fully saturated rings. The summed E-state index contributed by atoms with van der Waals surface area (Å²) in [7, 11) is 0. The average molecular weight is 330 g/mol. The van der Waals surface area contributed by atoms with Crippen molar-refractivity contribution in [1.82, 2.24) is 0 Å². The second-order valence-electron chi connectivity index (χ2n) is 5.61. The number of fused-ring (bicyclic) bond motifs is 3. The summed E-state index contributed by atoms with van der Waals surface area (Å²) in [5, 5.41) is 0. The van der Waals surface area contributed by atoms with Crippen LogP contribution in [-0.4, -0.2) is 11.6 Å². The molecule has 0 bridgehead atoms. The standard InChI is InChI=1S/C16H17O2.Y/c1-9-6-7-11-12-5-3-4-10(2)14(12)16(18)15(17)13(11)8-9;/h6-8,12,14H,3-5H2,1-2H3;/q-1;/t12-,14-;/m0./s1. The minimum absolute atomic E-state index is 0. The van der Waals surface area contributed by atoms with Crippen molar-refractivity contribution >= 4 is 11.6 Å². The van der Waals surface area contributed by atoms with Crippen LogP contribution in [0, 0.1) is 18.8 Å². The molecule has 19 heavy (non-hydrogen) atoms. The van der Waals surface area contributed by atoms with E-state index in [-0.39, 0.29) is 56.1 Å². The maximum absolute atomic E-state index is 12.3. The zero-order chi connectivity index (χ0) is 12.9. The summed E-state index contributed by atoms with van der Waals surface area (Å²) in [6, 6.07) is 5.96. The Morgan fingerprint density at radius 1 is 1.26 bits per heavy atom. The van der Waals surface area contributed by atoms with Crippen LogP contribution in [0.4, 0.5) is 0 Å². The van der Waals surface area contributed by atoms with E-state index in [4.69, 9.17) is 0 Å². The van der Waals surface area contributed by atoms with Crippen molar-refractivity contribution < 1.29 is 42.3 Å². The fourth-order valence-corrected chi connectivity index (χ4v) is 3.47. The van der Waals surface area contributed by atoms with E-state index in [1.165, 1.54) is 5.92 Å². The first-order chi connectivity index (χ1) is 8.59. The van der Waals surface area contributed by atoms with Crippen molar-refractivity contribution in [3.63, 3.8) is 0 Å². The van der Waals surface area contributed by atoms with Gasteiger partial charge >= 0.3 is 0 Å². The molecular formula is C16H17O2Y-. The first-order valence-electron chi connectivity index (χ1n) is 6.61. The van der Waals surface area contributed by atoms with E-state index in [9.17, 15) is 9.59 Å². The predicted molar refractivity (Wildman–Crippen MR) is 69.5 cm³/mol. The number of benzene rings is 1. The number of aryl methyl sites for hydroxylation is 1. The van der Waals surface area contributed by atoms with Gasteiger partial charge in [-0.2, -0.15) is 13.3 Å². The third kappa shape index (κ3) is 2.38. The predicted octanol–water partition coefficient (Wildman–Crippen LogP) is 3.24. The molecule has 0 aliphatic heterocycles. The van der Waals surface area contributed by atoms with Gasteiger partial charge in [-0.05, 0) is 24.5 Å². The Morgan fingerprint density at radius 3 is 2.74 bits per heavy atom. The average Bonchev–Trinajstić information content (AvgIpc) is 2.35. The van der Waals surface area contributed by atoms with Crippen LogP contribution in [0.2, 0.25) is 0 Å². The topological polar surface area (TPSA) is 34.1 Å². The van der Waals surface area contributed by atoms with Crippen LogP contribution in [0.1, 0.15) is 53.6 Å². The van der Waals surface area contributed by atoms with E-state index in [0.717, 1.165) is 30.4 Å². The van der Waals surface area contributed by atoms with Crippen LogP contribution >= 0.6 is 0 Å². The van der Waals surface area contributed by atoms with E-state index >= 15 is 0 Å².